The van der Waals surface area contributed by atoms with Crippen molar-refractivity contribution in [3.63, 3.8) is 0 Å². The first-order valence-electron chi connectivity index (χ1n) is 9.92. The average Bonchev–Trinajstić information content (AvgIpc) is 3.20. The molecule has 3 heterocycles. The summed E-state index contributed by atoms with van der Waals surface area (Å²) in [6, 6.07) is 13.5. The number of benzene rings is 2. The molecule has 2 saturated heterocycles. The van der Waals surface area contributed by atoms with Gasteiger partial charge in [-0.2, -0.15) is 5.01 Å². The van der Waals surface area contributed by atoms with Crippen LogP contribution in [0.3, 0.4) is 0 Å². The number of amides is 3. The van der Waals surface area contributed by atoms with Crippen LogP contribution in [0.4, 0.5) is 9.59 Å². The monoisotopic (exact) mass is 407 g/mol. The Labute approximate surface area is 173 Å². The number of allylic oxidation sites excluding steroid dienone is 1. The second-order valence-electron chi connectivity index (χ2n) is 7.71. The molecule has 3 aliphatic rings. The Morgan fingerprint density at radius 2 is 2.00 bits per heavy atom. The summed E-state index contributed by atoms with van der Waals surface area (Å²) in [4.78, 5) is 37.2. The summed E-state index contributed by atoms with van der Waals surface area (Å²) in [6.07, 6.45) is -0.793. The quantitative estimate of drug-likeness (QED) is 0.785. The highest BCUT2D eigenvalue weighted by atomic mass is 16.6. The predicted molar refractivity (Wildman–Crippen MR) is 107 cm³/mol. The van der Waals surface area contributed by atoms with Gasteiger partial charge in [0.05, 0.1) is 17.7 Å². The Morgan fingerprint density at radius 3 is 2.77 bits per heavy atom. The van der Waals surface area contributed by atoms with Crippen molar-refractivity contribution >= 4 is 28.9 Å². The van der Waals surface area contributed by atoms with Crippen LogP contribution in [0.15, 0.2) is 53.7 Å². The lowest BCUT2D eigenvalue weighted by atomic mass is 9.82. The minimum atomic E-state index is -0.761. The van der Waals surface area contributed by atoms with Crippen molar-refractivity contribution in [1.29, 1.82) is 0 Å². The number of fused-ring (bicyclic) bond motifs is 4. The smallest absolute Gasteiger partial charge is 0.417 e. The van der Waals surface area contributed by atoms with E-state index in [2.05, 4.69) is 11.4 Å². The molecule has 2 aromatic rings. The molecule has 0 radical (unpaired) electrons. The number of rotatable bonds is 3. The molecule has 0 saturated carbocycles. The standard InChI is InChI=1S/C22H21N3O5/c1-3-29-19(26)17-11-22(16-9-8-14-6-4-5-7-15(14)10-16)12-18-24(25(22)13(17)2)20(27)23-21(28)30-18/h4-10,18H,3,11-12H2,1-2H3,(H,23,27,28)/t18-,22+/m1/s1. The fraction of sp³-hybridized carbons (Fsp3) is 0.318. The fourth-order valence-corrected chi connectivity index (χ4v) is 4.84. The summed E-state index contributed by atoms with van der Waals surface area (Å²) in [7, 11) is 0. The molecule has 3 aliphatic heterocycles. The largest absolute Gasteiger partial charge is 0.463 e. The molecule has 5 rings (SSSR count). The molecule has 30 heavy (non-hydrogen) atoms. The summed E-state index contributed by atoms with van der Waals surface area (Å²) in [5.74, 6) is -0.393. The molecule has 2 aromatic carbocycles. The first kappa shape index (κ1) is 18.5. The zero-order chi connectivity index (χ0) is 21.0. The van der Waals surface area contributed by atoms with Gasteiger partial charge in [0.15, 0.2) is 0 Å². The summed E-state index contributed by atoms with van der Waals surface area (Å²) in [5.41, 5.74) is 1.35. The van der Waals surface area contributed by atoms with Gasteiger partial charge in [-0.1, -0.05) is 36.4 Å². The maximum Gasteiger partial charge on any atom is 0.417 e. The third-order valence-corrected chi connectivity index (χ3v) is 6.10. The Balaban J connectivity index is 1.66. The molecule has 8 nitrogen and oxygen atoms in total. The van der Waals surface area contributed by atoms with E-state index in [1.54, 1.807) is 18.9 Å². The number of nitrogens with one attached hydrogen (secondary N) is 1. The molecule has 3 amide bonds. The first-order valence-corrected chi connectivity index (χ1v) is 9.92. The van der Waals surface area contributed by atoms with Crippen molar-refractivity contribution in [1.82, 2.24) is 15.3 Å². The molecule has 0 bridgehead atoms. The van der Waals surface area contributed by atoms with Gasteiger partial charge in [-0.15, -0.1) is 0 Å². The number of hydrogen-bond acceptors (Lipinski definition) is 6. The number of esters is 1. The van der Waals surface area contributed by atoms with Crippen LogP contribution in [0.5, 0.6) is 0 Å². The Kier molecular flexibility index (Phi) is 3.99. The molecule has 0 aliphatic carbocycles. The Hall–Kier alpha value is -3.55. The lowest BCUT2D eigenvalue weighted by Gasteiger charge is -2.39. The topological polar surface area (TPSA) is 88.2 Å². The predicted octanol–water partition coefficient (Wildman–Crippen LogP) is 3.38. The average molecular weight is 407 g/mol. The zero-order valence-corrected chi connectivity index (χ0v) is 16.7. The van der Waals surface area contributed by atoms with E-state index in [0.29, 0.717) is 24.1 Å². The van der Waals surface area contributed by atoms with Gasteiger partial charge in [0.25, 0.3) is 0 Å². The van der Waals surface area contributed by atoms with Crippen LogP contribution in [-0.2, 0) is 19.8 Å². The normalized spacial score (nSPS) is 25.2. The van der Waals surface area contributed by atoms with E-state index in [1.165, 1.54) is 5.01 Å². The Morgan fingerprint density at radius 1 is 1.23 bits per heavy atom. The van der Waals surface area contributed by atoms with Gasteiger partial charge >= 0.3 is 18.1 Å². The van der Waals surface area contributed by atoms with Gasteiger partial charge in [0.2, 0.25) is 6.23 Å². The number of ether oxygens (including phenoxy) is 2. The zero-order valence-electron chi connectivity index (χ0n) is 16.7. The van der Waals surface area contributed by atoms with Gasteiger partial charge in [-0.05, 0) is 36.2 Å². The number of hydrogen-bond donors (Lipinski definition) is 1. The van der Waals surface area contributed by atoms with Gasteiger partial charge in [-0.25, -0.2) is 19.7 Å². The molecular weight excluding hydrogens is 386 g/mol. The first-order chi connectivity index (χ1) is 14.4. The number of carbonyl (C=O) groups excluding carboxylic acids is 3. The summed E-state index contributed by atoms with van der Waals surface area (Å²) in [6.45, 7) is 3.82. The van der Waals surface area contributed by atoms with Gasteiger partial charge < -0.3 is 9.47 Å². The van der Waals surface area contributed by atoms with Crippen LogP contribution in [0.2, 0.25) is 0 Å². The van der Waals surface area contributed by atoms with E-state index in [4.69, 9.17) is 9.47 Å². The van der Waals surface area contributed by atoms with Crippen molar-refractivity contribution in [2.24, 2.45) is 0 Å². The molecule has 2 atom stereocenters. The molecule has 8 heteroatoms. The minimum absolute atomic E-state index is 0.267. The number of alkyl carbamates (subject to hydrolysis) is 1. The third-order valence-electron chi connectivity index (χ3n) is 6.10. The number of hydrazine groups is 1. The number of imide groups is 1. The molecule has 154 valence electrons. The van der Waals surface area contributed by atoms with Crippen molar-refractivity contribution in [2.75, 3.05) is 6.61 Å². The van der Waals surface area contributed by atoms with Crippen molar-refractivity contribution in [3.8, 4) is 0 Å². The fourth-order valence-electron chi connectivity index (χ4n) is 4.84. The van der Waals surface area contributed by atoms with Gasteiger partial charge in [0, 0.05) is 18.5 Å². The molecule has 0 unspecified atom stereocenters. The van der Waals surface area contributed by atoms with E-state index in [0.717, 1.165) is 16.3 Å². The van der Waals surface area contributed by atoms with Crippen molar-refractivity contribution in [2.45, 2.75) is 38.5 Å². The maximum atomic E-state index is 12.7. The van der Waals surface area contributed by atoms with Crippen LogP contribution in [-0.4, -0.2) is 40.9 Å². The minimum Gasteiger partial charge on any atom is -0.463 e. The van der Waals surface area contributed by atoms with Crippen molar-refractivity contribution < 1.29 is 23.9 Å². The molecule has 2 fully saturated rings. The van der Waals surface area contributed by atoms with Crippen LogP contribution in [0.1, 0.15) is 32.3 Å². The van der Waals surface area contributed by atoms with Crippen molar-refractivity contribution in [3.05, 3.63) is 59.3 Å². The molecule has 1 N–H and O–H groups in total. The molecular formula is C22H21N3O5. The van der Waals surface area contributed by atoms with E-state index in [-0.39, 0.29) is 6.61 Å². The molecule has 0 aromatic heterocycles. The number of urea groups is 1. The van der Waals surface area contributed by atoms with Gasteiger partial charge in [0.1, 0.15) is 0 Å². The third kappa shape index (κ3) is 2.49. The lowest BCUT2D eigenvalue weighted by Crippen LogP contribution is -2.58. The van der Waals surface area contributed by atoms with E-state index in [9.17, 15) is 14.4 Å². The highest BCUT2D eigenvalue weighted by molar-refractivity contribution is 5.94. The highest BCUT2D eigenvalue weighted by Gasteiger charge is 2.61. The highest BCUT2D eigenvalue weighted by Crippen LogP contribution is 2.54. The van der Waals surface area contributed by atoms with Gasteiger partial charge in [-0.3, -0.25) is 5.01 Å². The maximum absolute atomic E-state index is 12.7. The summed E-state index contributed by atoms with van der Waals surface area (Å²) >= 11 is 0. The SMILES string of the molecule is CCOC(=O)C1=C(C)N2N3C(=O)NC(=O)O[C@@H]3C[C@]2(c2ccc3ccccc3c2)C1. The van der Waals surface area contributed by atoms with E-state index < -0.39 is 29.9 Å². The summed E-state index contributed by atoms with van der Waals surface area (Å²) < 4.78 is 10.7. The van der Waals surface area contributed by atoms with E-state index >= 15 is 0 Å². The molecule has 0 spiro atoms. The second kappa shape index (κ2) is 6.48. The Bertz CT molecular complexity index is 1130. The number of nitrogens with zero attached hydrogens (tertiary/aromatic N) is 2. The van der Waals surface area contributed by atoms with Crippen LogP contribution >= 0.6 is 0 Å². The van der Waals surface area contributed by atoms with Crippen LogP contribution in [0, 0.1) is 0 Å². The van der Waals surface area contributed by atoms with Crippen LogP contribution < -0.4 is 5.32 Å². The second-order valence-corrected chi connectivity index (χ2v) is 7.71. The lowest BCUT2D eigenvalue weighted by molar-refractivity contribution is -0.138. The summed E-state index contributed by atoms with van der Waals surface area (Å²) in [5, 5.41) is 7.55. The number of carbonyl (C=O) groups is 3. The van der Waals surface area contributed by atoms with E-state index in [1.807, 2.05) is 36.4 Å². The van der Waals surface area contributed by atoms with Crippen LogP contribution in [0.25, 0.3) is 10.8 Å².